The summed E-state index contributed by atoms with van der Waals surface area (Å²) in [4.78, 5) is 0. The summed E-state index contributed by atoms with van der Waals surface area (Å²) in [6, 6.07) is 9.15. The van der Waals surface area contributed by atoms with E-state index in [0.717, 1.165) is 12.5 Å². The van der Waals surface area contributed by atoms with Gasteiger partial charge in [-0.2, -0.15) is 0 Å². The minimum absolute atomic E-state index is 0.0992. The van der Waals surface area contributed by atoms with Crippen LogP contribution in [0.25, 0.3) is 0 Å². The van der Waals surface area contributed by atoms with Gasteiger partial charge in [-0.15, -0.1) is 0 Å². The summed E-state index contributed by atoms with van der Waals surface area (Å²) < 4.78 is 5.31. The quantitative estimate of drug-likeness (QED) is 0.879. The fraction of sp³-hybridized carbons (Fsp3) is 0.647. The highest BCUT2D eigenvalue weighted by atomic mass is 16.5. The number of hydrogen-bond acceptors (Lipinski definition) is 2. The molecule has 0 bridgehead atoms. The Hall–Kier alpha value is -0.860. The van der Waals surface area contributed by atoms with Gasteiger partial charge in [-0.1, -0.05) is 38.1 Å². The number of ether oxygens (including phenoxy) is 1. The van der Waals surface area contributed by atoms with Gasteiger partial charge in [-0.3, -0.25) is 0 Å². The van der Waals surface area contributed by atoms with Gasteiger partial charge in [0.15, 0.2) is 0 Å². The molecule has 2 heteroatoms. The number of methoxy groups -OCH3 is 1. The van der Waals surface area contributed by atoms with E-state index in [0.29, 0.717) is 0 Å². The molecule has 0 aliphatic carbocycles. The van der Waals surface area contributed by atoms with Gasteiger partial charge in [-0.25, -0.2) is 0 Å². The summed E-state index contributed by atoms with van der Waals surface area (Å²) in [5, 5.41) is 3.43. The van der Waals surface area contributed by atoms with Crippen molar-refractivity contribution >= 4 is 0 Å². The van der Waals surface area contributed by atoms with Crippen LogP contribution in [0.15, 0.2) is 24.3 Å². The normalized spacial score (nSPS) is 17.6. The van der Waals surface area contributed by atoms with Gasteiger partial charge in [0.05, 0.1) is 6.61 Å². The molecular weight excluding hydrogens is 234 g/mol. The molecule has 1 aromatic rings. The Kier molecular flexibility index (Phi) is 5.00. The van der Waals surface area contributed by atoms with Crippen LogP contribution >= 0.6 is 0 Å². The Morgan fingerprint density at radius 2 is 1.79 bits per heavy atom. The van der Waals surface area contributed by atoms with Crippen LogP contribution in [-0.2, 0) is 16.6 Å². The van der Waals surface area contributed by atoms with E-state index < -0.39 is 0 Å². The minimum atomic E-state index is 0.0992. The Morgan fingerprint density at radius 3 is 2.37 bits per heavy atom. The predicted molar refractivity (Wildman–Crippen MR) is 80.6 cm³/mol. The molecule has 0 radical (unpaired) electrons. The van der Waals surface area contributed by atoms with Crippen LogP contribution in [-0.4, -0.2) is 26.8 Å². The van der Waals surface area contributed by atoms with Crippen LogP contribution in [0.2, 0.25) is 0 Å². The Balaban J connectivity index is 1.97. The average molecular weight is 261 g/mol. The van der Waals surface area contributed by atoms with Crippen molar-refractivity contribution in [3.05, 3.63) is 35.4 Å². The molecule has 1 fully saturated rings. The molecule has 2 rings (SSSR count). The van der Waals surface area contributed by atoms with Crippen molar-refractivity contribution in [2.45, 2.75) is 38.5 Å². The summed E-state index contributed by atoms with van der Waals surface area (Å²) in [7, 11) is 1.77. The van der Waals surface area contributed by atoms with Crippen molar-refractivity contribution in [3.8, 4) is 0 Å². The fourth-order valence-corrected chi connectivity index (χ4v) is 2.96. The zero-order valence-corrected chi connectivity index (χ0v) is 12.5. The van der Waals surface area contributed by atoms with Gasteiger partial charge in [0, 0.05) is 12.5 Å². The van der Waals surface area contributed by atoms with Crippen LogP contribution < -0.4 is 5.32 Å². The topological polar surface area (TPSA) is 21.3 Å². The molecule has 1 saturated heterocycles. The number of hydrogen-bond donors (Lipinski definition) is 1. The first-order valence-electron chi connectivity index (χ1n) is 7.41. The van der Waals surface area contributed by atoms with Crippen LogP contribution in [0.5, 0.6) is 0 Å². The number of piperidine rings is 1. The molecule has 0 atom stereocenters. The molecule has 106 valence electrons. The molecule has 0 unspecified atom stereocenters. The second kappa shape index (κ2) is 6.53. The van der Waals surface area contributed by atoms with Crippen molar-refractivity contribution in [3.63, 3.8) is 0 Å². The second-order valence-corrected chi connectivity index (χ2v) is 6.41. The molecule has 1 N–H and O–H groups in total. The van der Waals surface area contributed by atoms with E-state index in [1.165, 1.54) is 43.5 Å². The van der Waals surface area contributed by atoms with Gasteiger partial charge in [0.2, 0.25) is 0 Å². The lowest BCUT2D eigenvalue weighted by Crippen LogP contribution is -2.28. The summed E-state index contributed by atoms with van der Waals surface area (Å²) in [5.74, 6) is 0.860. The number of rotatable bonds is 5. The van der Waals surface area contributed by atoms with E-state index in [4.69, 9.17) is 4.74 Å². The van der Waals surface area contributed by atoms with Crippen LogP contribution in [0.3, 0.4) is 0 Å². The van der Waals surface area contributed by atoms with Crippen molar-refractivity contribution in [1.29, 1.82) is 0 Å². The summed E-state index contributed by atoms with van der Waals surface area (Å²) in [5.41, 5.74) is 2.94. The molecule has 1 heterocycles. The van der Waals surface area contributed by atoms with E-state index in [2.05, 4.69) is 43.4 Å². The first-order chi connectivity index (χ1) is 9.12. The maximum Gasteiger partial charge on any atom is 0.0553 e. The van der Waals surface area contributed by atoms with E-state index in [1.54, 1.807) is 7.11 Å². The predicted octanol–water partition coefficient (Wildman–Crippen LogP) is 3.15. The second-order valence-electron chi connectivity index (χ2n) is 6.41. The monoisotopic (exact) mass is 261 g/mol. The van der Waals surface area contributed by atoms with Gasteiger partial charge in [0.25, 0.3) is 0 Å². The molecule has 1 aliphatic heterocycles. The van der Waals surface area contributed by atoms with E-state index in [1.807, 2.05) is 0 Å². The molecule has 1 aliphatic rings. The minimum Gasteiger partial charge on any atom is -0.384 e. The number of nitrogens with one attached hydrogen (secondary N) is 1. The van der Waals surface area contributed by atoms with Crippen molar-refractivity contribution < 1.29 is 4.74 Å². The van der Waals surface area contributed by atoms with Gasteiger partial charge in [0.1, 0.15) is 0 Å². The Labute approximate surface area is 117 Å². The lowest BCUT2D eigenvalue weighted by atomic mass is 9.84. The third-order valence-electron chi connectivity index (χ3n) is 4.22. The smallest absolute Gasteiger partial charge is 0.0553 e. The third-order valence-corrected chi connectivity index (χ3v) is 4.22. The molecule has 0 spiro atoms. The highest BCUT2D eigenvalue weighted by Crippen LogP contribution is 2.25. The Bertz CT molecular complexity index is 377. The van der Waals surface area contributed by atoms with Crippen molar-refractivity contribution in [2.75, 3.05) is 26.8 Å². The van der Waals surface area contributed by atoms with Gasteiger partial charge < -0.3 is 10.1 Å². The van der Waals surface area contributed by atoms with Crippen LogP contribution in [0, 0.1) is 5.92 Å². The molecule has 19 heavy (non-hydrogen) atoms. The van der Waals surface area contributed by atoms with Gasteiger partial charge in [-0.05, 0) is 49.4 Å². The fourth-order valence-electron chi connectivity index (χ4n) is 2.96. The van der Waals surface area contributed by atoms with Crippen LogP contribution in [0.1, 0.15) is 37.8 Å². The average Bonchev–Trinajstić information content (AvgIpc) is 2.40. The highest BCUT2D eigenvalue weighted by molar-refractivity contribution is 5.28. The molecule has 0 amide bonds. The highest BCUT2D eigenvalue weighted by Gasteiger charge is 2.20. The lowest BCUT2D eigenvalue weighted by molar-refractivity contribution is 0.146. The maximum absolute atomic E-state index is 5.31. The van der Waals surface area contributed by atoms with E-state index >= 15 is 0 Å². The third kappa shape index (κ3) is 4.05. The van der Waals surface area contributed by atoms with Crippen LogP contribution in [0.4, 0.5) is 0 Å². The van der Waals surface area contributed by atoms with Gasteiger partial charge >= 0.3 is 0 Å². The summed E-state index contributed by atoms with van der Waals surface area (Å²) in [6.45, 7) is 7.60. The Morgan fingerprint density at radius 1 is 1.16 bits per heavy atom. The largest absolute Gasteiger partial charge is 0.384 e. The summed E-state index contributed by atoms with van der Waals surface area (Å²) >= 11 is 0. The van der Waals surface area contributed by atoms with E-state index in [-0.39, 0.29) is 5.41 Å². The summed E-state index contributed by atoms with van der Waals surface area (Å²) in [6.07, 6.45) is 3.86. The first kappa shape index (κ1) is 14.5. The first-order valence-corrected chi connectivity index (χ1v) is 7.41. The van der Waals surface area contributed by atoms with Crippen molar-refractivity contribution in [2.24, 2.45) is 5.92 Å². The molecule has 2 nitrogen and oxygen atoms in total. The zero-order valence-electron chi connectivity index (χ0n) is 12.5. The van der Waals surface area contributed by atoms with Crippen molar-refractivity contribution in [1.82, 2.24) is 5.32 Å². The molecule has 0 saturated carbocycles. The zero-order chi connectivity index (χ0) is 13.7. The maximum atomic E-state index is 5.31. The molecule has 1 aromatic carbocycles. The molecular formula is C17H27NO. The van der Waals surface area contributed by atoms with E-state index in [9.17, 15) is 0 Å². The molecule has 0 aromatic heterocycles. The number of benzene rings is 1. The lowest BCUT2D eigenvalue weighted by Gasteiger charge is -2.25. The standard InChI is InChI=1S/C17H27NO/c1-17(2,13-19-3)16-6-4-14(5-7-16)12-15-8-10-18-11-9-15/h4-7,15,18H,8-13H2,1-3H3. The SMILES string of the molecule is COCC(C)(C)c1ccc(CC2CCNCC2)cc1.